The molecule has 13 heteroatoms. The van der Waals surface area contributed by atoms with Gasteiger partial charge in [-0.2, -0.15) is 0 Å². The van der Waals surface area contributed by atoms with Crippen molar-refractivity contribution in [3.63, 3.8) is 0 Å². The number of carbonyl (C=O) groups is 4. The second-order valence-electron chi connectivity index (χ2n) is 8.71. The zero-order valence-electron chi connectivity index (χ0n) is 21.0. The molecule has 2 aromatic heterocycles. The summed E-state index contributed by atoms with van der Waals surface area (Å²) in [7, 11) is 0. The highest BCUT2D eigenvalue weighted by molar-refractivity contribution is 5.85. The number of benzene rings is 2. The second kappa shape index (κ2) is 12.3. The van der Waals surface area contributed by atoms with Crippen LogP contribution in [0.5, 0.6) is 5.75 Å². The summed E-state index contributed by atoms with van der Waals surface area (Å²) in [5.41, 5.74) is 1.28. The highest BCUT2D eigenvalue weighted by Crippen LogP contribution is 2.31. The highest BCUT2D eigenvalue weighted by Gasteiger charge is 2.52. The maximum absolute atomic E-state index is 13.3. The first kappa shape index (κ1) is 27.3. The molecule has 0 N–H and O–H groups in total. The van der Waals surface area contributed by atoms with Crippen LogP contribution in [0.15, 0.2) is 70.1 Å². The standard InChI is InChI=1S/C28H21NO12/c30-12-35-11-23-25(37-13-31)26(38-14-32)27(39-15-33)28(41-23)40-17-6-7-18-22(9-17)36-10-19(24(18)34)21-8-5-16-3-1-2-4-20(16)29-21/h1-10,12-15,23,25-28H,11H2. The topological polar surface area (TPSA) is 167 Å². The number of nitrogens with zero attached hydrogens (tertiary/aromatic N) is 1. The monoisotopic (exact) mass is 563 g/mol. The van der Waals surface area contributed by atoms with Gasteiger partial charge in [0, 0.05) is 11.5 Å². The minimum atomic E-state index is -1.43. The molecule has 3 heterocycles. The molecule has 4 aromatic rings. The Balaban J connectivity index is 1.45. The highest BCUT2D eigenvalue weighted by atomic mass is 16.7. The van der Waals surface area contributed by atoms with Crippen LogP contribution in [0.4, 0.5) is 0 Å². The predicted octanol–water partition coefficient (Wildman–Crippen LogP) is 1.91. The number of pyridine rings is 1. The average molecular weight is 563 g/mol. The van der Waals surface area contributed by atoms with Gasteiger partial charge in [-0.25, -0.2) is 4.98 Å². The largest absolute Gasteiger partial charge is 0.465 e. The van der Waals surface area contributed by atoms with Gasteiger partial charge >= 0.3 is 0 Å². The maximum Gasteiger partial charge on any atom is 0.293 e. The Bertz CT molecular complexity index is 1640. The van der Waals surface area contributed by atoms with Crippen LogP contribution in [0.3, 0.4) is 0 Å². The summed E-state index contributed by atoms with van der Waals surface area (Å²) in [6.07, 6.45) is -5.39. The van der Waals surface area contributed by atoms with Crippen LogP contribution < -0.4 is 10.2 Å². The van der Waals surface area contributed by atoms with E-state index in [2.05, 4.69) is 4.98 Å². The zero-order chi connectivity index (χ0) is 28.8. The summed E-state index contributed by atoms with van der Waals surface area (Å²) < 4.78 is 37.2. The Kier molecular flexibility index (Phi) is 8.15. The van der Waals surface area contributed by atoms with E-state index in [1.807, 2.05) is 30.3 Å². The third-order valence-electron chi connectivity index (χ3n) is 6.43. The van der Waals surface area contributed by atoms with Gasteiger partial charge < -0.3 is 32.8 Å². The number of hydrogen-bond donors (Lipinski definition) is 0. The molecule has 0 radical (unpaired) electrons. The minimum Gasteiger partial charge on any atom is -0.465 e. The van der Waals surface area contributed by atoms with Crippen molar-refractivity contribution in [2.75, 3.05) is 6.61 Å². The molecule has 1 aliphatic heterocycles. The third kappa shape index (κ3) is 5.56. The van der Waals surface area contributed by atoms with E-state index < -0.39 is 37.3 Å². The van der Waals surface area contributed by atoms with Crippen LogP contribution >= 0.6 is 0 Å². The van der Waals surface area contributed by atoms with Gasteiger partial charge in [0.1, 0.15) is 30.3 Å². The van der Waals surface area contributed by atoms with Crippen LogP contribution in [0.25, 0.3) is 33.1 Å². The van der Waals surface area contributed by atoms with Crippen molar-refractivity contribution >= 4 is 47.8 Å². The smallest absolute Gasteiger partial charge is 0.293 e. The second-order valence-corrected chi connectivity index (χ2v) is 8.71. The van der Waals surface area contributed by atoms with E-state index in [0.29, 0.717) is 5.69 Å². The molecular formula is C28H21NO12. The summed E-state index contributed by atoms with van der Waals surface area (Å²) in [6.45, 7) is -0.0388. The molecule has 1 saturated heterocycles. The van der Waals surface area contributed by atoms with Crippen molar-refractivity contribution in [1.29, 1.82) is 0 Å². The van der Waals surface area contributed by atoms with Crippen LogP contribution in [-0.2, 0) is 42.9 Å². The lowest BCUT2D eigenvalue weighted by atomic mass is 9.98. The lowest BCUT2D eigenvalue weighted by Gasteiger charge is -2.42. The molecule has 0 spiro atoms. The Morgan fingerprint density at radius 2 is 1.59 bits per heavy atom. The first-order chi connectivity index (χ1) is 20.1. The SMILES string of the molecule is O=COCC1OC(Oc2ccc3c(=O)c(-c4ccc5ccccc5n4)coc3c2)C(OC=O)C(OC=O)C1OC=O. The van der Waals surface area contributed by atoms with Crippen molar-refractivity contribution in [2.45, 2.75) is 30.7 Å². The van der Waals surface area contributed by atoms with Crippen LogP contribution in [0.2, 0.25) is 0 Å². The summed E-state index contributed by atoms with van der Waals surface area (Å²) in [5, 5.41) is 1.17. The molecule has 0 aliphatic carbocycles. The van der Waals surface area contributed by atoms with Crippen molar-refractivity contribution in [1.82, 2.24) is 4.98 Å². The van der Waals surface area contributed by atoms with E-state index in [9.17, 15) is 24.0 Å². The number of aromatic nitrogens is 1. The molecule has 0 amide bonds. The molecule has 2 aromatic carbocycles. The van der Waals surface area contributed by atoms with E-state index in [4.69, 9.17) is 32.8 Å². The van der Waals surface area contributed by atoms with Gasteiger partial charge in [0.2, 0.25) is 17.8 Å². The Hall–Kier alpha value is -5.30. The van der Waals surface area contributed by atoms with Gasteiger partial charge in [-0.3, -0.25) is 24.0 Å². The fourth-order valence-electron chi connectivity index (χ4n) is 4.61. The number of rotatable bonds is 12. The van der Waals surface area contributed by atoms with E-state index in [0.717, 1.165) is 10.9 Å². The van der Waals surface area contributed by atoms with E-state index >= 15 is 0 Å². The number of fused-ring (bicyclic) bond motifs is 2. The van der Waals surface area contributed by atoms with Gasteiger partial charge in [0.15, 0.2) is 12.2 Å². The minimum absolute atomic E-state index is 0.0691. The van der Waals surface area contributed by atoms with Gasteiger partial charge in [0.25, 0.3) is 25.9 Å². The van der Waals surface area contributed by atoms with Crippen molar-refractivity contribution < 1.29 is 52.0 Å². The van der Waals surface area contributed by atoms with Crippen molar-refractivity contribution in [3.8, 4) is 17.0 Å². The van der Waals surface area contributed by atoms with Crippen LogP contribution in [0.1, 0.15) is 0 Å². The zero-order valence-corrected chi connectivity index (χ0v) is 21.0. The Labute approximate surface area is 230 Å². The Morgan fingerprint density at radius 1 is 0.829 bits per heavy atom. The van der Waals surface area contributed by atoms with E-state index in [1.165, 1.54) is 24.5 Å². The molecular weight excluding hydrogens is 542 g/mol. The van der Waals surface area contributed by atoms with Gasteiger partial charge in [-0.1, -0.05) is 24.3 Å². The fourth-order valence-corrected chi connectivity index (χ4v) is 4.61. The van der Waals surface area contributed by atoms with Crippen molar-refractivity contribution in [2.24, 2.45) is 0 Å². The lowest BCUT2D eigenvalue weighted by Crippen LogP contribution is -2.62. The van der Waals surface area contributed by atoms with Gasteiger partial charge in [-0.05, 0) is 24.3 Å². The molecule has 1 aliphatic rings. The number of para-hydroxylation sites is 1. The van der Waals surface area contributed by atoms with E-state index in [-0.39, 0.29) is 53.6 Å². The summed E-state index contributed by atoms with van der Waals surface area (Å²) in [4.78, 5) is 62.2. The van der Waals surface area contributed by atoms with Gasteiger partial charge in [-0.15, -0.1) is 0 Å². The van der Waals surface area contributed by atoms with Crippen molar-refractivity contribution in [3.05, 3.63) is 71.1 Å². The predicted molar refractivity (Wildman–Crippen MR) is 137 cm³/mol. The van der Waals surface area contributed by atoms with Crippen LogP contribution in [0, 0.1) is 0 Å². The van der Waals surface area contributed by atoms with Gasteiger partial charge in [0.05, 0.1) is 22.2 Å². The number of carbonyl (C=O) groups excluding carboxylic acids is 4. The first-order valence-corrected chi connectivity index (χ1v) is 12.1. The quantitative estimate of drug-likeness (QED) is 0.181. The summed E-state index contributed by atoms with van der Waals surface area (Å²) in [6, 6.07) is 15.4. The molecule has 0 saturated carbocycles. The lowest BCUT2D eigenvalue weighted by molar-refractivity contribution is -0.282. The fraction of sp³-hybridized carbons (Fsp3) is 0.214. The normalized spacial score (nSPS) is 21.9. The molecule has 13 nitrogen and oxygen atoms in total. The molecule has 210 valence electrons. The molecule has 5 rings (SSSR count). The van der Waals surface area contributed by atoms with Crippen LogP contribution in [-0.4, -0.2) is 68.2 Å². The first-order valence-electron chi connectivity index (χ1n) is 12.1. The molecule has 1 fully saturated rings. The number of ether oxygens (including phenoxy) is 6. The molecule has 5 atom stereocenters. The van der Waals surface area contributed by atoms with E-state index in [1.54, 1.807) is 6.07 Å². The third-order valence-corrected chi connectivity index (χ3v) is 6.43. The summed E-state index contributed by atoms with van der Waals surface area (Å²) in [5.74, 6) is 0.122. The summed E-state index contributed by atoms with van der Waals surface area (Å²) >= 11 is 0. The molecule has 41 heavy (non-hydrogen) atoms. The molecule has 5 unspecified atom stereocenters. The maximum atomic E-state index is 13.3. The molecule has 0 bridgehead atoms. The number of hydrogen-bond acceptors (Lipinski definition) is 13. The average Bonchev–Trinajstić information content (AvgIpc) is 2.99. The Morgan fingerprint density at radius 3 is 2.37 bits per heavy atom.